The predicted octanol–water partition coefficient (Wildman–Crippen LogP) is 2.25. The topological polar surface area (TPSA) is 71.2 Å². The molecule has 90 valence electrons. The smallest absolute Gasteiger partial charge is 0.0750 e. The lowest BCUT2D eigenvalue weighted by Gasteiger charge is -2.25. The Morgan fingerprint density at radius 2 is 2.19 bits per heavy atom. The van der Waals surface area contributed by atoms with E-state index >= 15 is 0 Å². The molecule has 0 atom stereocenters. The molecule has 0 amide bonds. The Labute approximate surface area is 104 Å². The van der Waals surface area contributed by atoms with Gasteiger partial charge in [-0.3, -0.25) is 4.98 Å². The second-order valence-electron chi connectivity index (χ2n) is 4.58. The van der Waals surface area contributed by atoms with Crippen LogP contribution >= 0.6 is 15.9 Å². The van der Waals surface area contributed by atoms with E-state index < -0.39 is 0 Å². The van der Waals surface area contributed by atoms with E-state index in [1.54, 1.807) is 12.4 Å². The Bertz CT molecular complexity index is 335. The van der Waals surface area contributed by atoms with Gasteiger partial charge in [-0.1, -0.05) is 13.8 Å². The number of hydrogen-bond acceptors (Lipinski definition) is 4. The van der Waals surface area contributed by atoms with Gasteiger partial charge in [-0.15, -0.1) is 0 Å². The first-order valence-electron chi connectivity index (χ1n) is 5.20. The van der Waals surface area contributed by atoms with Crippen LogP contribution in [0, 0.1) is 5.41 Å². The number of anilines is 2. The molecule has 0 fully saturated rings. The van der Waals surface area contributed by atoms with Crippen molar-refractivity contribution in [2.75, 3.05) is 24.2 Å². The number of nitrogens with two attached hydrogens (primary N) is 1. The van der Waals surface area contributed by atoms with Crippen molar-refractivity contribution in [2.24, 2.45) is 5.41 Å². The van der Waals surface area contributed by atoms with E-state index in [2.05, 4.69) is 40.1 Å². The molecule has 0 aliphatic rings. The molecule has 1 aromatic rings. The summed E-state index contributed by atoms with van der Waals surface area (Å²) >= 11 is 3.40. The van der Waals surface area contributed by atoms with Crippen molar-refractivity contribution in [3.8, 4) is 0 Å². The van der Waals surface area contributed by atoms with Crippen LogP contribution in [0.3, 0.4) is 0 Å². The first-order valence-corrected chi connectivity index (χ1v) is 5.99. The summed E-state index contributed by atoms with van der Waals surface area (Å²) in [5, 5.41) is 12.2. The first-order chi connectivity index (χ1) is 7.46. The van der Waals surface area contributed by atoms with Gasteiger partial charge in [0, 0.05) is 19.3 Å². The Balaban J connectivity index is 2.68. The average Bonchev–Trinajstić information content (AvgIpc) is 2.16. The van der Waals surface area contributed by atoms with Gasteiger partial charge >= 0.3 is 0 Å². The van der Waals surface area contributed by atoms with Crippen molar-refractivity contribution < 1.29 is 5.11 Å². The minimum absolute atomic E-state index is 0.0316. The first kappa shape index (κ1) is 13.3. The van der Waals surface area contributed by atoms with E-state index in [0.717, 1.165) is 23.1 Å². The second-order valence-corrected chi connectivity index (χ2v) is 5.43. The molecular formula is C11H18BrN3O. The molecule has 4 N–H and O–H groups in total. The molecule has 16 heavy (non-hydrogen) atoms. The summed E-state index contributed by atoms with van der Waals surface area (Å²) in [4.78, 5) is 3.97. The highest BCUT2D eigenvalue weighted by atomic mass is 79.9. The summed E-state index contributed by atoms with van der Waals surface area (Å²) in [6.45, 7) is 5.14. The Morgan fingerprint density at radius 3 is 2.75 bits per heavy atom. The monoisotopic (exact) mass is 287 g/mol. The van der Waals surface area contributed by atoms with E-state index in [9.17, 15) is 0 Å². The maximum Gasteiger partial charge on any atom is 0.0750 e. The number of rotatable bonds is 5. The van der Waals surface area contributed by atoms with Crippen molar-refractivity contribution >= 4 is 27.3 Å². The number of aliphatic hydroxyl groups excluding tert-OH is 1. The molecule has 0 saturated carbocycles. The normalized spacial score (nSPS) is 11.5. The van der Waals surface area contributed by atoms with Crippen LogP contribution < -0.4 is 11.1 Å². The van der Waals surface area contributed by atoms with Gasteiger partial charge in [-0.2, -0.15) is 0 Å². The van der Waals surface area contributed by atoms with Crippen molar-refractivity contribution in [1.29, 1.82) is 0 Å². The van der Waals surface area contributed by atoms with Gasteiger partial charge in [-0.25, -0.2) is 0 Å². The van der Waals surface area contributed by atoms with E-state index in [4.69, 9.17) is 10.8 Å². The van der Waals surface area contributed by atoms with Crippen LogP contribution in [-0.2, 0) is 0 Å². The number of hydrogen-bond donors (Lipinski definition) is 3. The van der Waals surface area contributed by atoms with Gasteiger partial charge in [0.2, 0.25) is 0 Å². The van der Waals surface area contributed by atoms with Crippen LogP contribution in [0.15, 0.2) is 16.9 Å². The number of nitrogen functional groups attached to an aromatic ring is 1. The van der Waals surface area contributed by atoms with Crippen LogP contribution in [0.4, 0.5) is 11.4 Å². The molecule has 0 aliphatic carbocycles. The number of nitrogens with zero attached hydrogens (tertiary/aromatic N) is 1. The Kier molecular flexibility index (Phi) is 4.56. The van der Waals surface area contributed by atoms with Crippen molar-refractivity contribution in [3.05, 3.63) is 16.9 Å². The zero-order chi connectivity index (χ0) is 12.2. The lowest BCUT2D eigenvalue weighted by atomic mass is 9.89. The zero-order valence-corrected chi connectivity index (χ0v) is 11.2. The Hall–Kier alpha value is -0.810. The quantitative estimate of drug-likeness (QED) is 0.777. The Morgan fingerprint density at radius 1 is 1.50 bits per heavy atom. The molecule has 0 spiro atoms. The number of nitrogens with one attached hydrogen (secondary N) is 1. The van der Waals surface area contributed by atoms with Crippen LogP contribution in [0.25, 0.3) is 0 Å². The lowest BCUT2D eigenvalue weighted by Crippen LogP contribution is -2.24. The summed E-state index contributed by atoms with van der Waals surface area (Å²) in [5.41, 5.74) is 7.33. The summed E-state index contributed by atoms with van der Waals surface area (Å²) in [7, 11) is 0. The fraction of sp³-hybridized carbons (Fsp3) is 0.545. The van der Waals surface area contributed by atoms with E-state index in [0.29, 0.717) is 5.69 Å². The molecule has 1 aromatic heterocycles. The molecule has 0 unspecified atom stereocenters. The van der Waals surface area contributed by atoms with E-state index in [1.807, 2.05) is 0 Å². The molecule has 0 bridgehead atoms. The number of aromatic nitrogens is 1. The fourth-order valence-electron chi connectivity index (χ4n) is 1.36. The molecule has 1 rings (SSSR count). The molecule has 0 saturated heterocycles. The van der Waals surface area contributed by atoms with E-state index in [1.165, 1.54) is 0 Å². The van der Waals surface area contributed by atoms with Crippen molar-refractivity contribution in [1.82, 2.24) is 4.98 Å². The van der Waals surface area contributed by atoms with Crippen LogP contribution in [0.2, 0.25) is 0 Å². The molecule has 5 heteroatoms. The summed E-state index contributed by atoms with van der Waals surface area (Å²) in [6, 6.07) is 0. The number of halogens is 1. The van der Waals surface area contributed by atoms with E-state index in [-0.39, 0.29) is 12.0 Å². The molecule has 0 aromatic carbocycles. The SMILES string of the molecule is CC(C)(CCO)CNc1c(N)cncc1Br. The van der Waals surface area contributed by atoms with Crippen LogP contribution in [0.5, 0.6) is 0 Å². The largest absolute Gasteiger partial charge is 0.396 e. The molecule has 0 radical (unpaired) electrons. The van der Waals surface area contributed by atoms with Gasteiger partial charge in [0.15, 0.2) is 0 Å². The minimum atomic E-state index is 0.0316. The number of pyridine rings is 1. The molecule has 4 nitrogen and oxygen atoms in total. The summed E-state index contributed by atoms with van der Waals surface area (Å²) < 4.78 is 0.854. The zero-order valence-electron chi connectivity index (χ0n) is 9.63. The molecular weight excluding hydrogens is 270 g/mol. The molecule has 1 heterocycles. The minimum Gasteiger partial charge on any atom is -0.396 e. The van der Waals surface area contributed by atoms with Crippen molar-refractivity contribution in [2.45, 2.75) is 20.3 Å². The summed E-state index contributed by atoms with van der Waals surface area (Å²) in [6.07, 6.45) is 4.08. The van der Waals surface area contributed by atoms with Crippen LogP contribution in [0.1, 0.15) is 20.3 Å². The highest BCUT2D eigenvalue weighted by Crippen LogP contribution is 2.29. The van der Waals surface area contributed by atoms with Gasteiger partial charge in [-0.05, 0) is 27.8 Å². The number of aliphatic hydroxyl groups is 1. The van der Waals surface area contributed by atoms with Crippen molar-refractivity contribution in [3.63, 3.8) is 0 Å². The van der Waals surface area contributed by atoms with Crippen LogP contribution in [-0.4, -0.2) is 23.2 Å². The predicted molar refractivity (Wildman–Crippen MR) is 70.3 cm³/mol. The third-order valence-electron chi connectivity index (χ3n) is 2.46. The highest BCUT2D eigenvalue weighted by Gasteiger charge is 2.17. The van der Waals surface area contributed by atoms with Gasteiger partial charge in [0.05, 0.1) is 22.0 Å². The summed E-state index contributed by atoms with van der Waals surface area (Å²) in [5.74, 6) is 0. The standard InChI is InChI=1S/C11H18BrN3O/c1-11(2,3-4-16)7-15-10-8(12)5-14-6-9(10)13/h5-6,16H,3-4,7,13H2,1-2H3,(H,14,15). The second kappa shape index (κ2) is 5.50. The van der Waals surface area contributed by atoms with Gasteiger partial charge < -0.3 is 16.2 Å². The third kappa shape index (κ3) is 3.64. The average molecular weight is 288 g/mol. The molecule has 0 aliphatic heterocycles. The third-order valence-corrected chi connectivity index (χ3v) is 3.06. The lowest BCUT2D eigenvalue weighted by molar-refractivity contribution is 0.220. The van der Waals surface area contributed by atoms with Gasteiger partial charge in [0.1, 0.15) is 0 Å². The highest BCUT2D eigenvalue weighted by molar-refractivity contribution is 9.10. The van der Waals surface area contributed by atoms with Gasteiger partial charge in [0.25, 0.3) is 0 Å². The maximum absolute atomic E-state index is 8.94. The maximum atomic E-state index is 8.94. The fourth-order valence-corrected chi connectivity index (χ4v) is 1.84.